The second kappa shape index (κ2) is 7.23. The molecule has 3 nitrogen and oxygen atoms in total. The van der Waals surface area contributed by atoms with Crippen molar-refractivity contribution in [1.82, 2.24) is 10.2 Å². The molecule has 0 radical (unpaired) electrons. The molecule has 21 heavy (non-hydrogen) atoms. The lowest BCUT2D eigenvalue weighted by molar-refractivity contribution is -0.132. The Kier molecular flexibility index (Phi) is 5.59. The van der Waals surface area contributed by atoms with E-state index in [9.17, 15) is 9.18 Å². The van der Waals surface area contributed by atoms with Gasteiger partial charge in [0.2, 0.25) is 5.91 Å². The van der Waals surface area contributed by atoms with E-state index in [1.165, 1.54) is 6.07 Å². The molecule has 1 aromatic carbocycles. The molecular formula is C16H22ClFN2O. The van der Waals surface area contributed by atoms with E-state index in [-0.39, 0.29) is 16.7 Å². The van der Waals surface area contributed by atoms with E-state index in [4.69, 9.17) is 11.6 Å². The Hall–Kier alpha value is -1.13. The van der Waals surface area contributed by atoms with E-state index in [2.05, 4.69) is 12.2 Å². The van der Waals surface area contributed by atoms with Crippen LogP contribution >= 0.6 is 11.6 Å². The van der Waals surface area contributed by atoms with E-state index >= 15 is 0 Å². The molecule has 1 fully saturated rings. The van der Waals surface area contributed by atoms with Crippen LogP contribution in [0.4, 0.5) is 4.39 Å². The topological polar surface area (TPSA) is 32.3 Å². The summed E-state index contributed by atoms with van der Waals surface area (Å²) in [5.74, 6) is 0.235. The molecule has 116 valence electrons. The van der Waals surface area contributed by atoms with Gasteiger partial charge in [-0.05, 0) is 30.0 Å². The van der Waals surface area contributed by atoms with Gasteiger partial charge in [-0.1, -0.05) is 31.5 Å². The van der Waals surface area contributed by atoms with Crippen LogP contribution < -0.4 is 5.32 Å². The highest BCUT2D eigenvalue weighted by Gasteiger charge is 2.27. The number of nitrogens with zero attached hydrogens (tertiary/aromatic N) is 1. The van der Waals surface area contributed by atoms with E-state index in [0.717, 1.165) is 25.1 Å². The Morgan fingerprint density at radius 1 is 1.52 bits per heavy atom. The maximum absolute atomic E-state index is 13.4. The standard InChI is InChI=1S/C16H22ClFN2O/c1-3-16(21)20-7-6-15(11(2)10-20)19-9-12-4-5-13(17)14(18)8-12/h4-5,8,11,15,19H,3,6-7,9-10H2,1-2H3/t11-,15-/m0/s1. The third-order valence-corrected chi connectivity index (χ3v) is 4.42. The van der Waals surface area contributed by atoms with Crippen LogP contribution in [0.2, 0.25) is 5.02 Å². The van der Waals surface area contributed by atoms with Crippen LogP contribution in [0.3, 0.4) is 0 Å². The van der Waals surface area contributed by atoms with Crippen molar-refractivity contribution in [2.24, 2.45) is 5.92 Å². The third kappa shape index (κ3) is 4.17. The first-order valence-corrected chi connectivity index (χ1v) is 7.84. The van der Waals surface area contributed by atoms with Gasteiger partial charge in [0, 0.05) is 32.1 Å². The Bertz CT molecular complexity index is 509. The van der Waals surface area contributed by atoms with Crippen molar-refractivity contribution in [3.63, 3.8) is 0 Å². The molecule has 1 amide bonds. The first-order valence-electron chi connectivity index (χ1n) is 7.46. The Morgan fingerprint density at radius 3 is 2.90 bits per heavy atom. The highest BCUT2D eigenvalue weighted by molar-refractivity contribution is 6.30. The molecule has 1 heterocycles. The van der Waals surface area contributed by atoms with Crippen LogP contribution in [0.15, 0.2) is 18.2 Å². The highest BCUT2D eigenvalue weighted by Crippen LogP contribution is 2.19. The number of hydrogen-bond donors (Lipinski definition) is 1. The Morgan fingerprint density at radius 2 is 2.29 bits per heavy atom. The van der Waals surface area contributed by atoms with Gasteiger partial charge < -0.3 is 10.2 Å². The van der Waals surface area contributed by atoms with Crippen LogP contribution in [0.5, 0.6) is 0 Å². The quantitative estimate of drug-likeness (QED) is 0.926. The first kappa shape index (κ1) is 16.2. The molecule has 1 N–H and O–H groups in total. The smallest absolute Gasteiger partial charge is 0.222 e. The summed E-state index contributed by atoms with van der Waals surface area (Å²) in [7, 11) is 0. The van der Waals surface area contributed by atoms with Gasteiger partial charge in [-0.15, -0.1) is 0 Å². The van der Waals surface area contributed by atoms with Crippen molar-refractivity contribution in [2.45, 2.75) is 39.3 Å². The van der Waals surface area contributed by atoms with Gasteiger partial charge in [0.25, 0.3) is 0 Å². The molecule has 2 atom stereocenters. The minimum absolute atomic E-state index is 0.151. The van der Waals surface area contributed by atoms with Crippen molar-refractivity contribution in [1.29, 1.82) is 0 Å². The average Bonchev–Trinajstić information content (AvgIpc) is 2.48. The van der Waals surface area contributed by atoms with Crippen molar-refractivity contribution in [3.05, 3.63) is 34.6 Å². The summed E-state index contributed by atoms with van der Waals surface area (Å²) in [5.41, 5.74) is 0.885. The maximum Gasteiger partial charge on any atom is 0.222 e. The van der Waals surface area contributed by atoms with E-state index < -0.39 is 0 Å². The molecule has 0 saturated carbocycles. The largest absolute Gasteiger partial charge is 0.342 e. The number of carbonyl (C=O) groups is 1. The molecule has 1 saturated heterocycles. The number of benzene rings is 1. The zero-order valence-corrected chi connectivity index (χ0v) is 13.3. The Balaban J connectivity index is 1.87. The second-order valence-electron chi connectivity index (χ2n) is 5.70. The second-order valence-corrected chi connectivity index (χ2v) is 6.10. The number of rotatable bonds is 4. The number of amides is 1. The molecule has 0 aliphatic carbocycles. The molecular weight excluding hydrogens is 291 g/mol. The summed E-state index contributed by atoms with van der Waals surface area (Å²) < 4.78 is 13.4. The van der Waals surface area contributed by atoms with Crippen LogP contribution in [0.25, 0.3) is 0 Å². The van der Waals surface area contributed by atoms with Gasteiger partial charge >= 0.3 is 0 Å². The fourth-order valence-corrected chi connectivity index (χ4v) is 2.92. The molecule has 2 rings (SSSR count). The normalized spacial score (nSPS) is 22.4. The summed E-state index contributed by atoms with van der Waals surface area (Å²) in [6.45, 7) is 6.25. The summed E-state index contributed by atoms with van der Waals surface area (Å²) in [6.07, 6.45) is 1.50. The molecule has 0 spiro atoms. The van der Waals surface area contributed by atoms with Gasteiger partial charge in [0.05, 0.1) is 5.02 Å². The first-order chi connectivity index (χ1) is 10.0. The lowest BCUT2D eigenvalue weighted by Gasteiger charge is -2.37. The minimum Gasteiger partial charge on any atom is -0.342 e. The summed E-state index contributed by atoms with van der Waals surface area (Å²) in [6, 6.07) is 5.23. The maximum atomic E-state index is 13.4. The van der Waals surface area contributed by atoms with Gasteiger partial charge in [0.1, 0.15) is 5.82 Å². The van der Waals surface area contributed by atoms with Crippen LogP contribution in [0, 0.1) is 11.7 Å². The fraction of sp³-hybridized carbons (Fsp3) is 0.562. The molecule has 0 unspecified atom stereocenters. The molecule has 5 heteroatoms. The molecule has 0 bridgehead atoms. The molecule has 0 aromatic heterocycles. The summed E-state index contributed by atoms with van der Waals surface area (Å²) >= 11 is 5.68. The van der Waals surface area contributed by atoms with Gasteiger partial charge in [-0.3, -0.25) is 4.79 Å². The number of piperidine rings is 1. The van der Waals surface area contributed by atoms with Gasteiger partial charge in [-0.2, -0.15) is 0 Å². The average molecular weight is 313 g/mol. The zero-order valence-electron chi connectivity index (χ0n) is 12.5. The summed E-state index contributed by atoms with van der Waals surface area (Å²) in [4.78, 5) is 13.7. The molecule has 1 aliphatic heterocycles. The Labute approximate surface area is 130 Å². The number of carbonyl (C=O) groups excluding carboxylic acids is 1. The van der Waals surface area contributed by atoms with E-state index in [1.54, 1.807) is 6.07 Å². The number of halogens is 2. The van der Waals surface area contributed by atoms with Gasteiger partial charge in [-0.25, -0.2) is 4.39 Å². The van der Waals surface area contributed by atoms with E-state index in [0.29, 0.717) is 24.9 Å². The van der Waals surface area contributed by atoms with Crippen molar-refractivity contribution < 1.29 is 9.18 Å². The predicted molar refractivity (Wildman–Crippen MR) is 82.7 cm³/mol. The lowest BCUT2D eigenvalue weighted by atomic mass is 9.93. The SMILES string of the molecule is CCC(=O)N1CC[C@H](NCc2ccc(Cl)c(F)c2)[C@@H](C)C1. The molecule has 1 aromatic rings. The van der Waals surface area contributed by atoms with Crippen molar-refractivity contribution in [2.75, 3.05) is 13.1 Å². The minimum atomic E-state index is -0.382. The van der Waals surface area contributed by atoms with Crippen molar-refractivity contribution >= 4 is 17.5 Å². The number of nitrogens with one attached hydrogen (secondary N) is 1. The predicted octanol–water partition coefficient (Wildman–Crippen LogP) is 3.22. The van der Waals surface area contributed by atoms with Gasteiger partial charge in [0.15, 0.2) is 0 Å². The van der Waals surface area contributed by atoms with Crippen molar-refractivity contribution in [3.8, 4) is 0 Å². The van der Waals surface area contributed by atoms with Crippen LogP contribution in [-0.4, -0.2) is 29.9 Å². The number of hydrogen-bond acceptors (Lipinski definition) is 2. The highest BCUT2D eigenvalue weighted by atomic mass is 35.5. The zero-order chi connectivity index (χ0) is 15.4. The molecule has 1 aliphatic rings. The third-order valence-electron chi connectivity index (χ3n) is 4.11. The summed E-state index contributed by atoms with van der Waals surface area (Å²) in [5, 5.41) is 3.62. The fourth-order valence-electron chi connectivity index (χ4n) is 2.80. The van der Waals surface area contributed by atoms with Crippen LogP contribution in [0.1, 0.15) is 32.3 Å². The number of likely N-dealkylation sites (tertiary alicyclic amines) is 1. The van der Waals surface area contributed by atoms with Crippen LogP contribution in [-0.2, 0) is 11.3 Å². The van der Waals surface area contributed by atoms with E-state index in [1.807, 2.05) is 17.9 Å². The monoisotopic (exact) mass is 312 g/mol. The lowest BCUT2D eigenvalue weighted by Crippen LogP contribution is -2.49.